The Morgan fingerprint density at radius 1 is 1.16 bits per heavy atom. The van der Waals surface area contributed by atoms with Gasteiger partial charge in [0, 0.05) is 0 Å². The van der Waals surface area contributed by atoms with Crippen molar-refractivity contribution < 1.29 is 12.8 Å². The first-order valence-corrected chi connectivity index (χ1v) is 7.02. The highest BCUT2D eigenvalue weighted by Crippen LogP contribution is 2.21. The molecule has 0 heterocycles. The lowest BCUT2D eigenvalue weighted by Crippen LogP contribution is -2.14. The van der Waals surface area contributed by atoms with Crippen LogP contribution in [-0.2, 0) is 10.0 Å². The zero-order valence-electron chi connectivity index (χ0n) is 10.2. The van der Waals surface area contributed by atoms with Crippen LogP contribution in [0, 0.1) is 12.7 Å². The molecule has 0 aliphatic rings. The van der Waals surface area contributed by atoms with Gasteiger partial charge in [-0.1, -0.05) is 18.2 Å². The highest BCUT2D eigenvalue weighted by atomic mass is 32.2. The van der Waals surface area contributed by atoms with Crippen molar-refractivity contribution in [2.45, 2.75) is 11.8 Å². The second kappa shape index (κ2) is 4.89. The zero-order valence-corrected chi connectivity index (χ0v) is 11.0. The van der Waals surface area contributed by atoms with Crippen LogP contribution in [-0.4, -0.2) is 8.42 Å². The molecule has 0 aromatic heterocycles. The Labute approximate surface area is 111 Å². The summed E-state index contributed by atoms with van der Waals surface area (Å²) < 4.78 is 39.9. The molecule has 0 fully saturated rings. The van der Waals surface area contributed by atoms with Crippen molar-refractivity contribution in [2.75, 3.05) is 10.5 Å². The van der Waals surface area contributed by atoms with Gasteiger partial charge >= 0.3 is 0 Å². The third-order valence-corrected chi connectivity index (χ3v) is 4.03. The van der Waals surface area contributed by atoms with Crippen LogP contribution in [0.5, 0.6) is 0 Å². The first-order chi connectivity index (χ1) is 8.90. The number of hydrogen-bond acceptors (Lipinski definition) is 3. The van der Waals surface area contributed by atoms with Crippen molar-refractivity contribution in [1.82, 2.24) is 0 Å². The summed E-state index contributed by atoms with van der Waals surface area (Å²) in [5, 5.41) is 0. The Hall–Kier alpha value is -2.08. The maximum Gasteiger partial charge on any atom is 0.262 e. The van der Waals surface area contributed by atoms with Crippen LogP contribution in [0.3, 0.4) is 0 Å². The largest absolute Gasteiger partial charge is 0.396 e. The number of nitrogen functional groups attached to an aromatic ring is 1. The van der Waals surface area contributed by atoms with E-state index in [0.717, 1.165) is 11.6 Å². The van der Waals surface area contributed by atoms with Crippen LogP contribution in [0.1, 0.15) is 5.56 Å². The Bertz CT molecular complexity index is 714. The van der Waals surface area contributed by atoms with E-state index >= 15 is 0 Å². The van der Waals surface area contributed by atoms with Gasteiger partial charge in [0.05, 0.1) is 16.3 Å². The number of rotatable bonds is 3. The molecule has 4 nitrogen and oxygen atoms in total. The van der Waals surface area contributed by atoms with Gasteiger partial charge in [0.1, 0.15) is 5.82 Å². The molecule has 2 rings (SSSR count). The number of anilines is 2. The first-order valence-electron chi connectivity index (χ1n) is 5.53. The molecule has 0 saturated heterocycles. The van der Waals surface area contributed by atoms with E-state index in [9.17, 15) is 12.8 Å². The van der Waals surface area contributed by atoms with Gasteiger partial charge in [0.2, 0.25) is 0 Å². The van der Waals surface area contributed by atoms with E-state index in [1.54, 1.807) is 31.2 Å². The molecule has 0 spiro atoms. The second-order valence-electron chi connectivity index (χ2n) is 4.10. The van der Waals surface area contributed by atoms with Crippen LogP contribution < -0.4 is 10.5 Å². The monoisotopic (exact) mass is 280 g/mol. The van der Waals surface area contributed by atoms with Gasteiger partial charge in [0.15, 0.2) is 0 Å². The number of para-hydroxylation sites is 1. The van der Waals surface area contributed by atoms with E-state index in [1.165, 1.54) is 12.1 Å². The fourth-order valence-corrected chi connectivity index (χ4v) is 2.71. The number of hydrogen-bond donors (Lipinski definition) is 2. The molecule has 0 atom stereocenters. The molecule has 0 bridgehead atoms. The average Bonchev–Trinajstić information content (AvgIpc) is 2.35. The van der Waals surface area contributed by atoms with E-state index in [-0.39, 0.29) is 10.6 Å². The molecule has 6 heteroatoms. The lowest BCUT2D eigenvalue weighted by molar-refractivity contribution is 0.596. The Balaban J connectivity index is 2.38. The summed E-state index contributed by atoms with van der Waals surface area (Å²) in [6.07, 6.45) is 0. The maximum absolute atomic E-state index is 13.3. The highest BCUT2D eigenvalue weighted by Gasteiger charge is 2.16. The summed E-state index contributed by atoms with van der Waals surface area (Å²) in [6, 6.07) is 10.3. The van der Waals surface area contributed by atoms with E-state index in [1.807, 2.05) is 0 Å². The fraction of sp³-hybridized carbons (Fsp3) is 0.0769. The number of aryl methyl sites for hydroxylation is 1. The number of benzene rings is 2. The minimum atomic E-state index is -3.82. The summed E-state index contributed by atoms with van der Waals surface area (Å²) in [4.78, 5) is -0.164. The van der Waals surface area contributed by atoms with Gasteiger partial charge < -0.3 is 5.73 Å². The van der Waals surface area contributed by atoms with Gasteiger partial charge in [-0.2, -0.15) is 0 Å². The zero-order chi connectivity index (χ0) is 14.0. The summed E-state index contributed by atoms with van der Waals surface area (Å²) in [6.45, 7) is 1.78. The fourth-order valence-electron chi connectivity index (χ4n) is 1.57. The van der Waals surface area contributed by atoms with Gasteiger partial charge in [-0.3, -0.25) is 4.72 Å². The summed E-state index contributed by atoms with van der Waals surface area (Å²) >= 11 is 0. The van der Waals surface area contributed by atoms with Crippen LogP contribution in [0.15, 0.2) is 47.4 Å². The van der Waals surface area contributed by atoms with Crippen LogP contribution in [0.25, 0.3) is 0 Å². The lowest BCUT2D eigenvalue weighted by Gasteiger charge is -2.10. The molecule has 3 N–H and O–H groups in total. The van der Waals surface area contributed by atoms with E-state index in [0.29, 0.717) is 5.69 Å². The number of halogens is 1. The topological polar surface area (TPSA) is 72.2 Å². The summed E-state index contributed by atoms with van der Waals surface area (Å²) in [7, 11) is -3.82. The summed E-state index contributed by atoms with van der Waals surface area (Å²) in [5.74, 6) is -0.757. The minimum absolute atomic E-state index is 0.0881. The van der Waals surface area contributed by atoms with Gasteiger partial charge in [-0.15, -0.1) is 0 Å². The average molecular weight is 280 g/mol. The number of sulfonamides is 1. The third kappa shape index (κ3) is 2.85. The molecule has 0 aliphatic carbocycles. The molecule has 0 amide bonds. The molecule has 0 radical (unpaired) electrons. The first kappa shape index (κ1) is 13.4. The van der Waals surface area contributed by atoms with Gasteiger partial charge in [-0.25, -0.2) is 12.8 Å². The molecule has 19 heavy (non-hydrogen) atoms. The molecular weight excluding hydrogens is 267 g/mol. The smallest absolute Gasteiger partial charge is 0.262 e. The Morgan fingerprint density at radius 3 is 2.47 bits per heavy atom. The van der Waals surface area contributed by atoms with Crippen molar-refractivity contribution >= 4 is 21.4 Å². The van der Waals surface area contributed by atoms with Crippen LogP contribution in [0.4, 0.5) is 15.8 Å². The second-order valence-corrected chi connectivity index (χ2v) is 5.79. The van der Waals surface area contributed by atoms with Crippen molar-refractivity contribution in [3.8, 4) is 0 Å². The quantitative estimate of drug-likeness (QED) is 0.848. The van der Waals surface area contributed by atoms with Crippen molar-refractivity contribution in [3.05, 3.63) is 53.8 Å². The number of nitrogens with two attached hydrogens (primary N) is 1. The summed E-state index contributed by atoms with van der Waals surface area (Å²) in [5.41, 5.74) is 6.47. The van der Waals surface area contributed by atoms with E-state index in [4.69, 9.17) is 5.73 Å². The molecule has 0 saturated carbocycles. The maximum atomic E-state index is 13.3. The van der Waals surface area contributed by atoms with Gasteiger partial charge in [0.25, 0.3) is 10.0 Å². The molecule has 0 aliphatic heterocycles. The predicted molar refractivity (Wildman–Crippen MR) is 72.8 cm³/mol. The molecule has 2 aromatic carbocycles. The standard InChI is InChI=1S/C13H13FN2O2S/c1-9-4-2-3-5-13(9)16-19(17,18)10-6-7-12(15)11(14)8-10/h2-8,16H,15H2,1H3. The van der Waals surface area contributed by atoms with Crippen LogP contribution in [0.2, 0.25) is 0 Å². The molecular formula is C13H13FN2O2S. The van der Waals surface area contributed by atoms with Crippen molar-refractivity contribution in [3.63, 3.8) is 0 Å². The lowest BCUT2D eigenvalue weighted by atomic mass is 10.2. The molecule has 100 valence electrons. The molecule has 2 aromatic rings. The number of nitrogens with one attached hydrogen (secondary N) is 1. The Kier molecular flexibility index (Phi) is 3.44. The van der Waals surface area contributed by atoms with E-state index < -0.39 is 15.8 Å². The normalized spacial score (nSPS) is 11.3. The third-order valence-electron chi connectivity index (χ3n) is 2.67. The van der Waals surface area contributed by atoms with E-state index in [2.05, 4.69) is 4.72 Å². The molecule has 0 unspecified atom stereocenters. The Morgan fingerprint density at radius 2 is 1.84 bits per heavy atom. The van der Waals surface area contributed by atoms with Gasteiger partial charge in [-0.05, 0) is 36.8 Å². The van der Waals surface area contributed by atoms with Crippen molar-refractivity contribution in [2.24, 2.45) is 0 Å². The van der Waals surface area contributed by atoms with Crippen molar-refractivity contribution in [1.29, 1.82) is 0 Å². The predicted octanol–water partition coefficient (Wildman–Crippen LogP) is 2.52. The highest BCUT2D eigenvalue weighted by molar-refractivity contribution is 7.92. The minimum Gasteiger partial charge on any atom is -0.396 e. The SMILES string of the molecule is Cc1ccccc1NS(=O)(=O)c1ccc(N)c(F)c1. The van der Waals surface area contributed by atoms with Crippen LogP contribution >= 0.6 is 0 Å².